The maximum absolute atomic E-state index is 12.8. The Hall–Kier alpha value is -3.62. The molecule has 0 radical (unpaired) electrons. The number of benzene rings is 2. The zero-order chi connectivity index (χ0) is 23.8. The van der Waals surface area contributed by atoms with Crippen LogP contribution in [-0.2, 0) is 4.79 Å². The number of nitrogens with zero attached hydrogens (tertiary/aromatic N) is 4. The number of nitrogens with one attached hydrogen (secondary N) is 1. The van der Waals surface area contributed by atoms with Crippen LogP contribution < -0.4 is 4.74 Å². The Bertz CT molecular complexity index is 1410. The Morgan fingerprint density at radius 2 is 1.91 bits per heavy atom. The van der Waals surface area contributed by atoms with Gasteiger partial charge in [-0.1, -0.05) is 35.9 Å². The van der Waals surface area contributed by atoms with Gasteiger partial charge < -0.3 is 9.30 Å². The summed E-state index contributed by atoms with van der Waals surface area (Å²) >= 11 is 7.41. The number of carbonyl (C=O) groups is 1. The van der Waals surface area contributed by atoms with Crippen molar-refractivity contribution in [1.29, 1.82) is 5.41 Å². The van der Waals surface area contributed by atoms with Gasteiger partial charge >= 0.3 is 0 Å². The molecule has 0 fully saturated rings. The predicted octanol–water partition coefficient (Wildman–Crippen LogP) is 5.45. The molecular formula is C25H20ClN5O2S. The van der Waals surface area contributed by atoms with E-state index in [1.165, 1.54) is 16.8 Å². The van der Waals surface area contributed by atoms with E-state index in [0.717, 1.165) is 28.4 Å². The van der Waals surface area contributed by atoms with Crippen molar-refractivity contribution in [1.82, 2.24) is 9.58 Å². The van der Waals surface area contributed by atoms with Gasteiger partial charge in [0.2, 0.25) is 5.17 Å². The second-order valence-electron chi connectivity index (χ2n) is 7.76. The van der Waals surface area contributed by atoms with Crippen LogP contribution in [0.25, 0.3) is 11.8 Å². The topological polar surface area (TPSA) is 83.0 Å². The van der Waals surface area contributed by atoms with Gasteiger partial charge in [0.1, 0.15) is 17.4 Å². The van der Waals surface area contributed by atoms with Gasteiger partial charge in [-0.15, -0.1) is 0 Å². The van der Waals surface area contributed by atoms with Gasteiger partial charge in [0.25, 0.3) is 5.91 Å². The number of thioether (sulfide) groups is 1. The van der Waals surface area contributed by atoms with Crippen LogP contribution >= 0.6 is 23.4 Å². The van der Waals surface area contributed by atoms with Crippen LogP contribution in [0.2, 0.25) is 5.02 Å². The SMILES string of the molecule is Cc1cc(/C=C2/C(=N)N3N=C(COc4ccccc4)SC3=NC2=O)c(C)n1-c1cccc(Cl)c1. The van der Waals surface area contributed by atoms with E-state index in [1.54, 1.807) is 6.08 Å². The number of rotatable bonds is 5. The summed E-state index contributed by atoms with van der Waals surface area (Å²) in [5.41, 5.74) is 3.86. The molecule has 2 aromatic carbocycles. The molecule has 5 rings (SSSR count). The quantitative estimate of drug-likeness (QED) is 0.483. The molecule has 7 nitrogen and oxygen atoms in total. The highest BCUT2D eigenvalue weighted by atomic mass is 35.5. The maximum atomic E-state index is 12.8. The number of hydrazone groups is 1. The maximum Gasteiger partial charge on any atom is 0.283 e. The summed E-state index contributed by atoms with van der Waals surface area (Å²) in [6.07, 6.45) is 1.70. The summed E-state index contributed by atoms with van der Waals surface area (Å²) in [7, 11) is 0. The van der Waals surface area contributed by atoms with Gasteiger partial charge in [-0.05, 0) is 73.6 Å². The van der Waals surface area contributed by atoms with Gasteiger partial charge in [0.15, 0.2) is 5.84 Å². The molecule has 9 heteroatoms. The molecule has 0 saturated heterocycles. The molecule has 1 N–H and O–H groups in total. The minimum absolute atomic E-state index is 0.00947. The Labute approximate surface area is 205 Å². The summed E-state index contributed by atoms with van der Waals surface area (Å²) in [5.74, 6) is 0.251. The van der Waals surface area contributed by atoms with Crippen LogP contribution in [-0.4, -0.2) is 38.1 Å². The van der Waals surface area contributed by atoms with E-state index >= 15 is 0 Å². The lowest BCUT2D eigenvalue weighted by Crippen LogP contribution is -2.35. The normalized spacial score (nSPS) is 16.6. The van der Waals surface area contributed by atoms with Gasteiger partial charge in [0.05, 0.1) is 5.57 Å². The van der Waals surface area contributed by atoms with Gasteiger partial charge in [-0.2, -0.15) is 15.1 Å². The molecule has 0 atom stereocenters. The van der Waals surface area contributed by atoms with Crippen molar-refractivity contribution >= 4 is 51.4 Å². The number of aromatic nitrogens is 1. The molecule has 0 saturated carbocycles. The lowest BCUT2D eigenvalue weighted by Gasteiger charge is -2.20. The van der Waals surface area contributed by atoms with E-state index < -0.39 is 5.91 Å². The molecule has 0 aliphatic carbocycles. The molecule has 0 spiro atoms. The molecule has 1 amide bonds. The fourth-order valence-corrected chi connectivity index (χ4v) is 4.84. The lowest BCUT2D eigenvalue weighted by atomic mass is 10.1. The zero-order valence-electron chi connectivity index (χ0n) is 18.4. The summed E-state index contributed by atoms with van der Waals surface area (Å²) < 4.78 is 7.81. The predicted molar refractivity (Wildman–Crippen MR) is 137 cm³/mol. The molecule has 170 valence electrons. The van der Waals surface area contributed by atoms with Crippen molar-refractivity contribution in [2.45, 2.75) is 13.8 Å². The molecule has 0 unspecified atom stereocenters. The molecule has 3 heterocycles. The fourth-order valence-electron chi connectivity index (χ4n) is 3.85. The smallest absolute Gasteiger partial charge is 0.283 e. The van der Waals surface area contributed by atoms with Crippen molar-refractivity contribution in [3.8, 4) is 11.4 Å². The van der Waals surface area contributed by atoms with Crippen molar-refractivity contribution in [3.63, 3.8) is 0 Å². The number of amides is 1. The highest BCUT2D eigenvalue weighted by Gasteiger charge is 2.36. The number of fused-ring (bicyclic) bond motifs is 1. The highest BCUT2D eigenvalue weighted by molar-refractivity contribution is 8.27. The summed E-state index contributed by atoms with van der Waals surface area (Å²) in [6.45, 7) is 4.18. The standard InChI is InChI=1S/C25H20ClN5O2S/c1-15-11-17(16(2)30(15)19-8-6-7-18(26)13-19)12-21-23(27)31-25(28-24(21)32)34-22(29-31)14-33-20-9-4-3-5-10-20/h3-13,27H,14H2,1-2H3/b21-12-,27-23?. The molecule has 0 bridgehead atoms. The Morgan fingerprint density at radius 1 is 1.12 bits per heavy atom. The first-order valence-electron chi connectivity index (χ1n) is 10.5. The van der Waals surface area contributed by atoms with Crippen molar-refractivity contribution in [2.75, 3.05) is 6.61 Å². The average Bonchev–Trinajstić information content (AvgIpc) is 3.35. The molecular weight excluding hydrogens is 470 g/mol. The minimum Gasteiger partial charge on any atom is -0.487 e. The number of ether oxygens (including phenoxy) is 1. The second kappa shape index (κ2) is 8.96. The van der Waals surface area contributed by atoms with Crippen molar-refractivity contribution in [2.24, 2.45) is 10.1 Å². The van der Waals surface area contributed by atoms with E-state index in [9.17, 15) is 4.79 Å². The zero-order valence-corrected chi connectivity index (χ0v) is 20.0. The van der Waals surface area contributed by atoms with Crippen molar-refractivity contribution in [3.05, 3.63) is 88.2 Å². The van der Waals surface area contributed by atoms with E-state index in [0.29, 0.717) is 15.2 Å². The Kier molecular flexibility index (Phi) is 5.85. The first-order valence-corrected chi connectivity index (χ1v) is 11.7. The fraction of sp³-hybridized carbons (Fsp3) is 0.120. The number of hydrogen-bond donors (Lipinski definition) is 1. The van der Waals surface area contributed by atoms with Gasteiger partial charge in [-0.25, -0.2) is 0 Å². The van der Waals surface area contributed by atoms with Crippen LogP contribution in [0.3, 0.4) is 0 Å². The minimum atomic E-state index is -0.461. The van der Waals surface area contributed by atoms with Gasteiger partial charge in [-0.3, -0.25) is 10.2 Å². The monoisotopic (exact) mass is 489 g/mol. The molecule has 2 aliphatic heterocycles. The van der Waals surface area contributed by atoms with E-state index in [-0.39, 0.29) is 18.0 Å². The van der Waals surface area contributed by atoms with Crippen LogP contribution in [0.4, 0.5) is 0 Å². The van der Waals surface area contributed by atoms with E-state index in [1.807, 2.05) is 74.5 Å². The Morgan fingerprint density at radius 3 is 2.68 bits per heavy atom. The molecule has 34 heavy (non-hydrogen) atoms. The lowest BCUT2D eigenvalue weighted by molar-refractivity contribution is -0.114. The summed E-state index contributed by atoms with van der Waals surface area (Å²) in [4.78, 5) is 17.0. The second-order valence-corrected chi connectivity index (χ2v) is 9.23. The van der Waals surface area contributed by atoms with Crippen LogP contribution in [0, 0.1) is 19.3 Å². The summed E-state index contributed by atoms with van der Waals surface area (Å²) in [6, 6.07) is 19.0. The number of aliphatic imine (C=N–C) groups is 1. The average molecular weight is 490 g/mol. The van der Waals surface area contributed by atoms with Crippen LogP contribution in [0.15, 0.2) is 76.3 Å². The van der Waals surface area contributed by atoms with Crippen LogP contribution in [0.5, 0.6) is 5.75 Å². The van der Waals surface area contributed by atoms with E-state index in [4.69, 9.17) is 21.7 Å². The van der Waals surface area contributed by atoms with Crippen LogP contribution in [0.1, 0.15) is 17.0 Å². The molecule has 1 aromatic heterocycles. The first kappa shape index (κ1) is 22.2. The Balaban J connectivity index is 1.41. The number of halogens is 1. The van der Waals surface area contributed by atoms with Gasteiger partial charge in [0, 0.05) is 22.1 Å². The third kappa shape index (κ3) is 4.18. The number of para-hydroxylation sites is 1. The largest absolute Gasteiger partial charge is 0.487 e. The number of hydrogen-bond acceptors (Lipinski definition) is 5. The number of aryl methyl sites for hydroxylation is 1. The highest BCUT2D eigenvalue weighted by Crippen LogP contribution is 2.30. The summed E-state index contributed by atoms with van der Waals surface area (Å²) in [5, 5.41) is 16.1. The van der Waals surface area contributed by atoms with Crippen molar-refractivity contribution < 1.29 is 9.53 Å². The van der Waals surface area contributed by atoms with E-state index in [2.05, 4.69) is 14.7 Å². The third-order valence-corrected chi connectivity index (χ3v) is 6.56. The molecule has 2 aliphatic rings. The number of amidine groups is 2. The number of carbonyl (C=O) groups excluding carboxylic acids is 1. The molecule has 3 aromatic rings. The third-order valence-electron chi connectivity index (χ3n) is 5.44. The first-order chi connectivity index (χ1) is 16.4.